The van der Waals surface area contributed by atoms with E-state index in [4.69, 9.17) is 5.73 Å². The number of nitrogens with zero attached hydrogens (tertiary/aromatic N) is 1. The zero-order valence-electron chi connectivity index (χ0n) is 12.2. The van der Waals surface area contributed by atoms with Crippen LogP contribution in [0.15, 0.2) is 29.3 Å². The van der Waals surface area contributed by atoms with Crippen LogP contribution in [-0.2, 0) is 4.79 Å². The summed E-state index contributed by atoms with van der Waals surface area (Å²) in [5, 5.41) is 5.47. The van der Waals surface area contributed by atoms with Crippen LogP contribution in [0.4, 0.5) is 10.1 Å². The first-order valence-corrected chi connectivity index (χ1v) is 6.56. The van der Waals surface area contributed by atoms with Crippen molar-refractivity contribution in [3.05, 3.63) is 30.1 Å². The molecule has 1 amide bonds. The van der Waals surface area contributed by atoms with Gasteiger partial charge in [-0.1, -0.05) is 19.9 Å². The third kappa shape index (κ3) is 9.22. The Hall–Kier alpha value is -1.38. The second-order valence-corrected chi connectivity index (χ2v) is 4.87. The lowest BCUT2D eigenvalue weighted by molar-refractivity contribution is -0.114. The summed E-state index contributed by atoms with van der Waals surface area (Å²) in [6.07, 6.45) is 0.978. The first-order valence-electron chi connectivity index (χ1n) is 6.56. The molecule has 118 valence electrons. The third-order valence-electron chi connectivity index (χ3n) is 2.53. The highest BCUT2D eigenvalue weighted by Gasteiger charge is 2.02. The van der Waals surface area contributed by atoms with E-state index in [0.717, 1.165) is 13.0 Å². The highest BCUT2D eigenvalue weighted by atomic mass is 127. The Labute approximate surface area is 141 Å². The zero-order chi connectivity index (χ0) is 15.0. The first kappa shape index (κ1) is 19.6. The van der Waals surface area contributed by atoms with E-state index in [1.54, 1.807) is 6.07 Å². The number of anilines is 1. The first-order chi connectivity index (χ1) is 9.47. The molecular formula is C14H22FIN4O. The maximum atomic E-state index is 12.9. The van der Waals surface area contributed by atoms with Crippen molar-refractivity contribution in [1.82, 2.24) is 5.32 Å². The van der Waals surface area contributed by atoms with Crippen LogP contribution in [0.2, 0.25) is 0 Å². The molecule has 7 heteroatoms. The number of benzene rings is 1. The van der Waals surface area contributed by atoms with Gasteiger partial charge in [0.2, 0.25) is 5.91 Å². The van der Waals surface area contributed by atoms with Crippen molar-refractivity contribution >= 4 is 41.5 Å². The Bertz CT molecular complexity index is 480. The van der Waals surface area contributed by atoms with E-state index >= 15 is 0 Å². The summed E-state index contributed by atoms with van der Waals surface area (Å²) in [6.45, 7) is 4.85. The molecule has 0 heterocycles. The number of aliphatic imine (C=N–C) groups is 1. The van der Waals surface area contributed by atoms with Gasteiger partial charge in [-0.2, -0.15) is 0 Å². The van der Waals surface area contributed by atoms with Crippen molar-refractivity contribution < 1.29 is 9.18 Å². The molecule has 21 heavy (non-hydrogen) atoms. The number of nitrogens with two attached hydrogens (primary N) is 1. The lowest BCUT2D eigenvalue weighted by Gasteiger charge is -2.07. The highest BCUT2D eigenvalue weighted by Crippen LogP contribution is 2.08. The average molecular weight is 408 g/mol. The van der Waals surface area contributed by atoms with Crippen LogP contribution in [-0.4, -0.2) is 25.0 Å². The van der Waals surface area contributed by atoms with Gasteiger partial charge >= 0.3 is 0 Å². The summed E-state index contributed by atoms with van der Waals surface area (Å²) >= 11 is 0. The second-order valence-electron chi connectivity index (χ2n) is 4.87. The van der Waals surface area contributed by atoms with Crippen molar-refractivity contribution in [1.29, 1.82) is 0 Å². The van der Waals surface area contributed by atoms with Gasteiger partial charge < -0.3 is 16.4 Å². The van der Waals surface area contributed by atoms with E-state index in [2.05, 4.69) is 29.5 Å². The Balaban J connectivity index is 0.00000400. The Morgan fingerprint density at radius 3 is 2.76 bits per heavy atom. The van der Waals surface area contributed by atoms with Gasteiger partial charge in [0.25, 0.3) is 0 Å². The van der Waals surface area contributed by atoms with Crippen LogP contribution < -0.4 is 16.4 Å². The van der Waals surface area contributed by atoms with E-state index in [9.17, 15) is 9.18 Å². The van der Waals surface area contributed by atoms with Crippen molar-refractivity contribution in [3.63, 3.8) is 0 Å². The van der Waals surface area contributed by atoms with Gasteiger partial charge in [-0.25, -0.2) is 9.38 Å². The van der Waals surface area contributed by atoms with Gasteiger partial charge in [-0.3, -0.25) is 4.79 Å². The molecule has 0 radical (unpaired) electrons. The molecular weight excluding hydrogens is 386 g/mol. The molecule has 4 N–H and O–H groups in total. The largest absolute Gasteiger partial charge is 0.370 e. The lowest BCUT2D eigenvalue weighted by Crippen LogP contribution is -2.34. The Morgan fingerprint density at radius 1 is 1.43 bits per heavy atom. The number of rotatable bonds is 6. The minimum Gasteiger partial charge on any atom is -0.370 e. The van der Waals surface area contributed by atoms with E-state index in [0.29, 0.717) is 11.6 Å². The number of hydrogen-bond donors (Lipinski definition) is 3. The highest BCUT2D eigenvalue weighted by molar-refractivity contribution is 14.0. The van der Waals surface area contributed by atoms with Crippen molar-refractivity contribution in [2.45, 2.75) is 20.3 Å². The lowest BCUT2D eigenvalue weighted by atomic mass is 10.1. The number of amides is 1. The summed E-state index contributed by atoms with van der Waals surface area (Å²) in [7, 11) is 0. The number of carbonyl (C=O) groups excluding carboxylic acids is 1. The average Bonchev–Trinajstić information content (AvgIpc) is 2.36. The van der Waals surface area contributed by atoms with Gasteiger partial charge in [-0.15, -0.1) is 24.0 Å². The minimum absolute atomic E-state index is 0. The Morgan fingerprint density at radius 2 is 2.14 bits per heavy atom. The molecule has 1 rings (SSSR count). The summed E-state index contributed by atoms with van der Waals surface area (Å²) in [5.74, 6) is 0.0667. The van der Waals surface area contributed by atoms with E-state index < -0.39 is 5.82 Å². The minimum atomic E-state index is -0.402. The van der Waals surface area contributed by atoms with Crippen molar-refractivity contribution in [2.24, 2.45) is 16.6 Å². The second kappa shape index (κ2) is 10.4. The topological polar surface area (TPSA) is 79.5 Å². The van der Waals surface area contributed by atoms with E-state index in [1.807, 2.05) is 0 Å². The third-order valence-corrected chi connectivity index (χ3v) is 2.53. The van der Waals surface area contributed by atoms with Crippen LogP contribution in [0.5, 0.6) is 0 Å². The molecule has 1 aromatic rings. The molecule has 1 aromatic carbocycles. The molecule has 0 unspecified atom stereocenters. The fourth-order valence-electron chi connectivity index (χ4n) is 1.47. The summed E-state index contributed by atoms with van der Waals surface area (Å²) in [6, 6.07) is 5.68. The molecule has 0 aliphatic rings. The quantitative estimate of drug-likeness (QED) is 0.384. The fourth-order valence-corrected chi connectivity index (χ4v) is 1.47. The monoisotopic (exact) mass is 408 g/mol. The van der Waals surface area contributed by atoms with Crippen molar-refractivity contribution in [2.75, 3.05) is 18.4 Å². The van der Waals surface area contributed by atoms with Gasteiger partial charge in [0.05, 0.1) is 0 Å². The standard InChI is InChI=1S/C14H21FN4O.HI/c1-10(2)6-7-17-14(16)18-9-13(20)19-12-5-3-4-11(15)8-12;/h3-5,8,10H,6-7,9H2,1-2H3,(H,19,20)(H3,16,17,18);1H. The number of nitrogens with one attached hydrogen (secondary N) is 2. The van der Waals surface area contributed by atoms with Gasteiger partial charge in [0.1, 0.15) is 12.4 Å². The summed E-state index contributed by atoms with van der Waals surface area (Å²) in [4.78, 5) is 15.5. The molecule has 0 bridgehead atoms. The molecule has 5 nitrogen and oxygen atoms in total. The molecule has 0 saturated carbocycles. The molecule has 0 atom stereocenters. The number of halogens is 2. The normalized spacial score (nSPS) is 11.0. The molecule has 0 saturated heterocycles. The smallest absolute Gasteiger partial charge is 0.246 e. The van der Waals surface area contributed by atoms with E-state index in [1.165, 1.54) is 18.2 Å². The zero-order valence-corrected chi connectivity index (χ0v) is 14.6. The van der Waals surface area contributed by atoms with Gasteiger partial charge in [0.15, 0.2) is 5.96 Å². The fraction of sp³-hybridized carbons (Fsp3) is 0.429. The molecule has 0 aliphatic heterocycles. The van der Waals surface area contributed by atoms with Crippen molar-refractivity contribution in [3.8, 4) is 0 Å². The number of carbonyl (C=O) groups is 1. The van der Waals surface area contributed by atoms with Crippen LogP contribution in [0.25, 0.3) is 0 Å². The van der Waals surface area contributed by atoms with Crippen LogP contribution in [0.1, 0.15) is 20.3 Å². The maximum absolute atomic E-state index is 12.9. The predicted octanol–water partition coefficient (Wildman–Crippen LogP) is 2.33. The van der Waals surface area contributed by atoms with Crippen LogP contribution >= 0.6 is 24.0 Å². The number of guanidine groups is 1. The van der Waals surface area contributed by atoms with Gasteiger partial charge in [0, 0.05) is 12.2 Å². The van der Waals surface area contributed by atoms with Crippen LogP contribution in [0, 0.1) is 11.7 Å². The summed E-state index contributed by atoms with van der Waals surface area (Å²) in [5.41, 5.74) is 6.02. The maximum Gasteiger partial charge on any atom is 0.246 e. The van der Waals surface area contributed by atoms with Gasteiger partial charge in [-0.05, 0) is 30.5 Å². The predicted molar refractivity (Wildman–Crippen MR) is 94.4 cm³/mol. The molecule has 0 spiro atoms. The molecule has 0 fully saturated rings. The summed E-state index contributed by atoms with van der Waals surface area (Å²) < 4.78 is 12.9. The molecule has 0 aliphatic carbocycles. The number of hydrogen-bond acceptors (Lipinski definition) is 2. The van der Waals surface area contributed by atoms with E-state index in [-0.39, 0.29) is 42.4 Å². The van der Waals surface area contributed by atoms with Crippen LogP contribution in [0.3, 0.4) is 0 Å². The SMILES string of the molecule is CC(C)CCNC(N)=NCC(=O)Nc1cccc(F)c1.I. The molecule has 0 aromatic heterocycles. The Kier molecular flexibility index (Phi) is 9.68.